The summed E-state index contributed by atoms with van der Waals surface area (Å²) in [4.78, 5) is 1.41. The topological polar surface area (TPSA) is 12.0 Å². The van der Waals surface area contributed by atoms with Crippen molar-refractivity contribution in [1.82, 2.24) is 5.32 Å². The van der Waals surface area contributed by atoms with Gasteiger partial charge in [0.25, 0.3) is 0 Å². The summed E-state index contributed by atoms with van der Waals surface area (Å²) in [6.45, 7) is 6.80. The molecule has 0 saturated heterocycles. The lowest BCUT2D eigenvalue weighted by atomic mass is 9.87. The maximum Gasteiger partial charge on any atom is 0.0248 e. The fourth-order valence-corrected chi connectivity index (χ4v) is 3.97. The maximum absolute atomic E-state index is 3.45. The van der Waals surface area contributed by atoms with Gasteiger partial charge in [-0.25, -0.2) is 0 Å². The molecule has 1 aliphatic carbocycles. The zero-order chi connectivity index (χ0) is 13.2. The average Bonchev–Trinajstić information content (AvgIpc) is 2.76. The monoisotopic (exact) mass is 263 g/mol. The van der Waals surface area contributed by atoms with Crippen LogP contribution < -0.4 is 5.32 Å². The molecular formula is C16H25NS. The van der Waals surface area contributed by atoms with E-state index in [0.29, 0.717) is 6.04 Å². The van der Waals surface area contributed by atoms with Crippen molar-refractivity contribution in [2.75, 3.05) is 7.05 Å². The molecule has 0 aromatic heterocycles. The second kappa shape index (κ2) is 5.66. The van der Waals surface area contributed by atoms with Crippen LogP contribution in [0.4, 0.5) is 0 Å². The Kier molecular flexibility index (Phi) is 4.39. The second-order valence-corrected chi connectivity index (χ2v) is 7.57. The van der Waals surface area contributed by atoms with Gasteiger partial charge in [-0.1, -0.05) is 39.3 Å². The summed E-state index contributed by atoms with van der Waals surface area (Å²) in [7, 11) is 2.09. The van der Waals surface area contributed by atoms with Gasteiger partial charge in [-0.05, 0) is 43.0 Å². The first-order valence-corrected chi connectivity index (χ1v) is 7.83. The lowest BCUT2D eigenvalue weighted by molar-refractivity contribution is 0.589. The zero-order valence-corrected chi connectivity index (χ0v) is 12.8. The standard InChI is InChI=1S/C16H25NS/c1-16(2,3)12-8-10-13(11-9-12)18-15-7-5-6-14(15)17-4/h8-11,14-15,17H,5-7H2,1-4H3. The predicted octanol–water partition coefficient (Wildman–Crippen LogP) is 4.22. The van der Waals surface area contributed by atoms with Crippen molar-refractivity contribution in [2.45, 2.75) is 61.6 Å². The molecule has 18 heavy (non-hydrogen) atoms. The van der Waals surface area contributed by atoms with E-state index in [4.69, 9.17) is 0 Å². The maximum atomic E-state index is 3.45. The number of hydrogen-bond donors (Lipinski definition) is 1. The Bertz CT molecular complexity index is 377. The summed E-state index contributed by atoms with van der Waals surface area (Å²) in [5.74, 6) is 0. The van der Waals surface area contributed by atoms with Crippen molar-refractivity contribution in [3.8, 4) is 0 Å². The molecule has 1 aromatic rings. The molecule has 1 N–H and O–H groups in total. The third-order valence-electron chi connectivity index (χ3n) is 3.83. The predicted molar refractivity (Wildman–Crippen MR) is 81.5 cm³/mol. The van der Waals surface area contributed by atoms with Crippen molar-refractivity contribution in [2.24, 2.45) is 0 Å². The molecule has 0 bridgehead atoms. The van der Waals surface area contributed by atoms with Gasteiger partial charge in [-0.3, -0.25) is 0 Å². The van der Waals surface area contributed by atoms with E-state index in [0.717, 1.165) is 5.25 Å². The average molecular weight is 263 g/mol. The van der Waals surface area contributed by atoms with E-state index in [-0.39, 0.29) is 5.41 Å². The molecule has 0 radical (unpaired) electrons. The van der Waals surface area contributed by atoms with E-state index < -0.39 is 0 Å². The number of nitrogens with one attached hydrogen (secondary N) is 1. The molecule has 0 spiro atoms. The Hall–Kier alpha value is -0.470. The minimum atomic E-state index is 0.254. The molecule has 1 aliphatic rings. The first-order valence-electron chi connectivity index (χ1n) is 6.95. The van der Waals surface area contributed by atoms with Gasteiger partial charge < -0.3 is 5.32 Å². The smallest absolute Gasteiger partial charge is 0.0248 e. The summed E-state index contributed by atoms with van der Waals surface area (Å²) in [6.07, 6.45) is 4.04. The van der Waals surface area contributed by atoms with E-state index in [1.165, 1.54) is 29.7 Å². The van der Waals surface area contributed by atoms with Crippen LogP contribution in [0.2, 0.25) is 0 Å². The summed E-state index contributed by atoms with van der Waals surface area (Å²) < 4.78 is 0. The molecule has 0 amide bonds. The highest BCUT2D eigenvalue weighted by Gasteiger charge is 2.26. The molecule has 2 heteroatoms. The largest absolute Gasteiger partial charge is 0.316 e. The molecule has 2 unspecified atom stereocenters. The Balaban J connectivity index is 2.02. The molecule has 1 fully saturated rings. The van der Waals surface area contributed by atoms with Crippen molar-refractivity contribution in [3.63, 3.8) is 0 Å². The van der Waals surface area contributed by atoms with E-state index in [2.05, 4.69) is 57.4 Å². The Morgan fingerprint density at radius 3 is 2.33 bits per heavy atom. The molecule has 100 valence electrons. The lowest BCUT2D eigenvalue weighted by Gasteiger charge is -2.21. The molecular weight excluding hydrogens is 238 g/mol. The van der Waals surface area contributed by atoms with E-state index >= 15 is 0 Å². The summed E-state index contributed by atoms with van der Waals surface area (Å²) in [6, 6.07) is 9.83. The van der Waals surface area contributed by atoms with Crippen LogP contribution in [0.15, 0.2) is 29.2 Å². The lowest BCUT2D eigenvalue weighted by Crippen LogP contribution is -2.30. The van der Waals surface area contributed by atoms with Gasteiger partial charge in [0, 0.05) is 16.2 Å². The molecule has 1 saturated carbocycles. The van der Waals surface area contributed by atoms with Gasteiger partial charge in [0.1, 0.15) is 0 Å². The van der Waals surface area contributed by atoms with Gasteiger partial charge in [-0.15, -0.1) is 11.8 Å². The highest BCUT2D eigenvalue weighted by molar-refractivity contribution is 8.00. The highest BCUT2D eigenvalue weighted by Crippen LogP contribution is 2.35. The summed E-state index contributed by atoms with van der Waals surface area (Å²) in [5.41, 5.74) is 1.67. The van der Waals surface area contributed by atoms with Crippen LogP contribution in [-0.4, -0.2) is 18.3 Å². The third kappa shape index (κ3) is 3.30. The second-order valence-electron chi connectivity index (χ2n) is 6.26. The van der Waals surface area contributed by atoms with E-state index in [1.54, 1.807) is 0 Å². The van der Waals surface area contributed by atoms with Crippen molar-refractivity contribution in [3.05, 3.63) is 29.8 Å². The van der Waals surface area contributed by atoms with Crippen LogP contribution >= 0.6 is 11.8 Å². The third-order valence-corrected chi connectivity index (χ3v) is 5.24. The minimum Gasteiger partial charge on any atom is -0.316 e. The van der Waals surface area contributed by atoms with Gasteiger partial charge in [-0.2, -0.15) is 0 Å². The fourth-order valence-electron chi connectivity index (χ4n) is 2.61. The normalized spacial score (nSPS) is 24.4. The van der Waals surface area contributed by atoms with Crippen LogP contribution in [0.3, 0.4) is 0 Å². The Morgan fingerprint density at radius 1 is 1.11 bits per heavy atom. The van der Waals surface area contributed by atoms with Gasteiger partial charge >= 0.3 is 0 Å². The molecule has 2 rings (SSSR count). The van der Waals surface area contributed by atoms with Crippen LogP contribution in [0.25, 0.3) is 0 Å². The van der Waals surface area contributed by atoms with Gasteiger partial charge in [0.15, 0.2) is 0 Å². The minimum absolute atomic E-state index is 0.254. The van der Waals surface area contributed by atoms with Gasteiger partial charge in [0.2, 0.25) is 0 Å². The number of rotatable bonds is 3. The first kappa shape index (κ1) is 14.0. The number of benzene rings is 1. The zero-order valence-electron chi connectivity index (χ0n) is 12.0. The number of hydrogen-bond acceptors (Lipinski definition) is 2. The fraction of sp³-hybridized carbons (Fsp3) is 0.625. The van der Waals surface area contributed by atoms with Crippen LogP contribution in [0.1, 0.15) is 45.6 Å². The van der Waals surface area contributed by atoms with Crippen LogP contribution in [0, 0.1) is 0 Å². The summed E-state index contributed by atoms with van der Waals surface area (Å²) >= 11 is 2.04. The quantitative estimate of drug-likeness (QED) is 0.876. The SMILES string of the molecule is CNC1CCCC1Sc1ccc(C(C)(C)C)cc1. The van der Waals surface area contributed by atoms with Crippen LogP contribution in [-0.2, 0) is 5.41 Å². The Morgan fingerprint density at radius 2 is 1.78 bits per heavy atom. The Labute approximate surface area is 116 Å². The van der Waals surface area contributed by atoms with Crippen LogP contribution in [0.5, 0.6) is 0 Å². The van der Waals surface area contributed by atoms with Crippen molar-refractivity contribution < 1.29 is 0 Å². The number of thioether (sulfide) groups is 1. The highest BCUT2D eigenvalue weighted by atomic mass is 32.2. The molecule has 0 aliphatic heterocycles. The molecule has 1 aromatic carbocycles. The van der Waals surface area contributed by atoms with E-state index in [9.17, 15) is 0 Å². The summed E-state index contributed by atoms with van der Waals surface area (Å²) in [5, 5.41) is 4.19. The molecule has 0 heterocycles. The molecule has 2 atom stereocenters. The molecule has 1 nitrogen and oxygen atoms in total. The van der Waals surface area contributed by atoms with Gasteiger partial charge in [0.05, 0.1) is 0 Å². The van der Waals surface area contributed by atoms with E-state index in [1.807, 2.05) is 11.8 Å². The van der Waals surface area contributed by atoms with Crippen molar-refractivity contribution in [1.29, 1.82) is 0 Å². The van der Waals surface area contributed by atoms with Crippen molar-refractivity contribution >= 4 is 11.8 Å². The first-order chi connectivity index (χ1) is 8.50.